The van der Waals surface area contributed by atoms with Crippen molar-refractivity contribution in [1.29, 1.82) is 0 Å². The van der Waals surface area contributed by atoms with Gasteiger partial charge in [-0.3, -0.25) is 0 Å². The van der Waals surface area contributed by atoms with Crippen molar-refractivity contribution >= 4 is 0 Å². The van der Waals surface area contributed by atoms with Gasteiger partial charge in [0.2, 0.25) is 0 Å². The van der Waals surface area contributed by atoms with Crippen molar-refractivity contribution < 1.29 is 4.74 Å². The molecule has 2 saturated heterocycles. The third-order valence-corrected chi connectivity index (χ3v) is 7.04. The molecule has 6 rings (SSSR count). The molecule has 35 heavy (non-hydrogen) atoms. The first-order valence-electron chi connectivity index (χ1n) is 12.6. The summed E-state index contributed by atoms with van der Waals surface area (Å²) < 4.78 is 5.98. The maximum atomic E-state index is 5.98. The van der Waals surface area contributed by atoms with E-state index in [1.54, 1.807) is 0 Å². The van der Waals surface area contributed by atoms with Crippen LogP contribution in [0.25, 0.3) is 22.5 Å². The van der Waals surface area contributed by atoms with Gasteiger partial charge in [0.1, 0.15) is 11.6 Å². The molecule has 0 amide bonds. The van der Waals surface area contributed by atoms with E-state index in [0.29, 0.717) is 25.3 Å². The lowest BCUT2D eigenvalue weighted by atomic mass is 10.1. The molecule has 2 fully saturated rings. The van der Waals surface area contributed by atoms with Gasteiger partial charge >= 0.3 is 0 Å². The smallest absolute Gasteiger partial charge is 0.123 e. The van der Waals surface area contributed by atoms with Gasteiger partial charge in [-0.2, -0.15) is 0 Å². The van der Waals surface area contributed by atoms with Crippen molar-refractivity contribution in [2.45, 2.75) is 51.0 Å². The fourth-order valence-corrected chi connectivity index (χ4v) is 5.00. The van der Waals surface area contributed by atoms with E-state index in [-0.39, 0.29) is 0 Å². The third kappa shape index (κ3) is 5.07. The van der Waals surface area contributed by atoms with Gasteiger partial charge < -0.3 is 25.3 Å². The van der Waals surface area contributed by atoms with Crippen molar-refractivity contribution in [3.63, 3.8) is 0 Å². The van der Waals surface area contributed by atoms with Crippen LogP contribution in [0.4, 0.5) is 0 Å². The predicted octanol–water partition coefficient (Wildman–Crippen LogP) is 5.03. The Morgan fingerprint density at radius 3 is 1.51 bits per heavy atom. The maximum absolute atomic E-state index is 5.98. The molecule has 2 aromatic carbocycles. The Kier molecular flexibility index (Phi) is 6.45. The Labute approximate surface area is 205 Å². The van der Waals surface area contributed by atoms with Crippen LogP contribution in [-0.4, -0.2) is 33.0 Å². The van der Waals surface area contributed by atoms with E-state index in [1.807, 2.05) is 12.4 Å². The first-order valence-corrected chi connectivity index (χ1v) is 12.6. The molecule has 0 bridgehead atoms. The molecule has 0 spiro atoms. The van der Waals surface area contributed by atoms with Crippen LogP contribution in [0.1, 0.15) is 60.5 Å². The Balaban J connectivity index is 1.01. The number of hydrogen-bond acceptors (Lipinski definition) is 5. The van der Waals surface area contributed by atoms with Crippen LogP contribution < -0.4 is 10.6 Å². The molecular weight excluding hydrogens is 436 g/mol. The molecule has 4 N–H and O–H groups in total. The van der Waals surface area contributed by atoms with Gasteiger partial charge in [0.05, 0.1) is 49.1 Å². The van der Waals surface area contributed by atoms with Crippen LogP contribution in [0.3, 0.4) is 0 Å². The van der Waals surface area contributed by atoms with E-state index >= 15 is 0 Å². The largest absolute Gasteiger partial charge is 0.372 e. The summed E-state index contributed by atoms with van der Waals surface area (Å²) in [4.78, 5) is 16.1. The van der Waals surface area contributed by atoms with Gasteiger partial charge in [-0.25, -0.2) is 9.97 Å². The second-order valence-electron chi connectivity index (χ2n) is 9.55. The van der Waals surface area contributed by atoms with Gasteiger partial charge in [-0.05, 0) is 61.0 Å². The molecular formula is C28H32N6O. The molecule has 180 valence electrons. The summed E-state index contributed by atoms with van der Waals surface area (Å²) in [6.07, 6.45) is 8.58. The average molecular weight is 469 g/mol. The van der Waals surface area contributed by atoms with Gasteiger partial charge in [-0.15, -0.1) is 0 Å². The van der Waals surface area contributed by atoms with Crippen molar-refractivity contribution in [3.05, 3.63) is 83.7 Å². The van der Waals surface area contributed by atoms with Crippen molar-refractivity contribution in [1.82, 2.24) is 30.6 Å². The first kappa shape index (κ1) is 22.2. The lowest BCUT2D eigenvalue weighted by molar-refractivity contribution is 0.107. The van der Waals surface area contributed by atoms with E-state index < -0.39 is 0 Å². The molecule has 2 unspecified atom stereocenters. The van der Waals surface area contributed by atoms with Crippen molar-refractivity contribution in [2.24, 2.45) is 0 Å². The normalized spacial score (nSPS) is 20.0. The molecule has 4 heterocycles. The number of ether oxygens (including phenoxy) is 1. The zero-order valence-corrected chi connectivity index (χ0v) is 19.9. The highest BCUT2D eigenvalue weighted by molar-refractivity contribution is 5.59. The van der Waals surface area contributed by atoms with E-state index in [0.717, 1.165) is 71.2 Å². The number of benzene rings is 2. The number of rotatable bonds is 8. The predicted molar refractivity (Wildman–Crippen MR) is 136 cm³/mol. The number of aromatic nitrogens is 4. The second-order valence-corrected chi connectivity index (χ2v) is 9.55. The minimum Gasteiger partial charge on any atom is -0.372 e. The Bertz CT molecular complexity index is 1130. The monoisotopic (exact) mass is 468 g/mol. The molecule has 2 atom stereocenters. The lowest BCUT2D eigenvalue weighted by Crippen LogP contribution is -2.14. The lowest BCUT2D eigenvalue weighted by Gasteiger charge is -2.07. The molecule has 0 radical (unpaired) electrons. The zero-order chi connectivity index (χ0) is 23.5. The number of nitrogens with one attached hydrogen (secondary N) is 4. The summed E-state index contributed by atoms with van der Waals surface area (Å²) in [5.74, 6) is 2.07. The maximum Gasteiger partial charge on any atom is 0.123 e. The van der Waals surface area contributed by atoms with Crippen LogP contribution in [0.5, 0.6) is 0 Å². The summed E-state index contributed by atoms with van der Waals surface area (Å²) >= 11 is 0. The molecule has 2 aliphatic heterocycles. The summed E-state index contributed by atoms with van der Waals surface area (Å²) in [7, 11) is 0. The molecule has 0 saturated carbocycles. The second kappa shape index (κ2) is 10.2. The van der Waals surface area contributed by atoms with E-state index in [1.165, 1.54) is 12.8 Å². The van der Waals surface area contributed by atoms with Gasteiger partial charge in [0.15, 0.2) is 0 Å². The minimum atomic E-state index is 0.358. The Morgan fingerprint density at radius 2 is 1.11 bits per heavy atom. The summed E-state index contributed by atoms with van der Waals surface area (Å²) in [6.45, 7) is 3.31. The molecule has 2 aromatic heterocycles. The minimum absolute atomic E-state index is 0.358. The van der Waals surface area contributed by atoms with E-state index in [9.17, 15) is 0 Å². The third-order valence-electron chi connectivity index (χ3n) is 7.04. The van der Waals surface area contributed by atoms with E-state index in [2.05, 4.69) is 79.1 Å². The molecule has 2 aliphatic rings. The van der Waals surface area contributed by atoms with Crippen LogP contribution >= 0.6 is 0 Å². The number of nitrogens with zero attached hydrogens (tertiary/aromatic N) is 2. The van der Waals surface area contributed by atoms with Crippen molar-refractivity contribution in [2.75, 3.05) is 13.1 Å². The Hall–Kier alpha value is -3.26. The molecule has 0 aliphatic carbocycles. The zero-order valence-electron chi connectivity index (χ0n) is 19.9. The fraction of sp³-hybridized carbons (Fsp3) is 0.357. The highest BCUT2D eigenvalue weighted by atomic mass is 16.5. The fourth-order valence-electron chi connectivity index (χ4n) is 5.00. The number of imidazole rings is 2. The Morgan fingerprint density at radius 1 is 0.657 bits per heavy atom. The number of aromatic amines is 2. The van der Waals surface area contributed by atoms with Gasteiger partial charge in [0.25, 0.3) is 0 Å². The standard InChI is InChI=1S/C28H32N6O/c1-3-23(29-13-1)27-31-15-25(33-27)21-9-5-19(6-10-21)17-35-18-20-7-11-22(12-8-20)26-16-32-28(34-26)24-4-2-14-30-24/h5-12,15-16,23-24,29-30H,1-4,13-14,17-18H2,(H,31,33)(H,32,34). The SMILES string of the molecule is c1cc(-c2cnc(C3CCCN3)[nH]2)ccc1COCc1ccc(-c2cnc(C3CCCN3)[nH]2)cc1. The van der Waals surface area contributed by atoms with Crippen LogP contribution in [0, 0.1) is 0 Å². The summed E-state index contributed by atoms with van der Waals surface area (Å²) in [5, 5.41) is 6.98. The highest BCUT2D eigenvalue weighted by Crippen LogP contribution is 2.26. The average Bonchev–Trinajstić information content (AvgIpc) is 3.71. The van der Waals surface area contributed by atoms with E-state index in [4.69, 9.17) is 4.74 Å². The number of hydrogen-bond donors (Lipinski definition) is 4. The summed E-state index contributed by atoms with van der Waals surface area (Å²) in [6, 6.07) is 17.7. The topological polar surface area (TPSA) is 90.7 Å². The molecule has 7 nitrogen and oxygen atoms in total. The highest BCUT2D eigenvalue weighted by Gasteiger charge is 2.20. The first-order chi connectivity index (χ1) is 17.3. The number of H-pyrrole nitrogens is 2. The molecule has 4 aromatic rings. The van der Waals surface area contributed by atoms with Crippen LogP contribution in [0.15, 0.2) is 60.9 Å². The van der Waals surface area contributed by atoms with Crippen LogP contribution in [0.2, 0.25) is 0 Å². The van der Waals surface area contributed by atoms with Gasteiger partial charge in [-0.1, -0.05) is 48.5 Å². The quantitative estimate of drug-likeness (QED) is 0.291. The molecule has 7 heteroatoms. The van der Waals surface area contributed by atoms with Crippen LogP contribution in [-0.2, 0) is 18.0 Å². The van der Waals surface area contributed by atoms with Gasteiger partial charge in [0, 0.05) is 0 Å². The summed E-state index contributed by atoms with van der Waals surface area (Å²) in [5.41, 5.74) is 6.73. The van der Waals surface area contributed by atoms with Crippen molar-refractivity contribution in [3.8, 4) is 22.5 Å².